The third-order valence-electron chi connectivity index (χ3n) is 5.43. The van der Waals surface area contributed by atoms with Crippen LogP contribution in [-0.4, -0.2) is 27.3 Å². The largest absolute Gasteiger partial charge is 0.418 e. The van der Waals surface area contributed by atoms with E-state index in [-0.39, 0.29) is 11.8 Å². The second-order valence-corrected chi connectivity index (χ2v) is 9.00. The minimum Gasteiger partial charge on any atom is -0.418 e. The number of aliphatic hydroxyl groups is 1. The van der Waals surface area contributed by atoms with Crippen molar-refractivity contribution in [3.63, 3.8) is 0 Å². The van der Waals surface area contributed by atoms with Gasteiger partial charge >= 0.3 is 0 Å². The summed E-state index contributed by atoms with van der Waals surface area (Å²) in [5.74, 6) is 0.326. The maximum atomic E-state index is 12.3. The third-order valence-corrected chi connectivity index (χ3v) is 6.82. The zero-order valence-corrected chi connectivity index (χ0v) is 21.1. The van der Waals surface area contributed by atoms with E-state index >= 15 is 0 Å². The molecule has 8 nitrogen and oxygen atoms in total. The zero-order valence-electron chi connectivity index (χ0n) is 19.0. The highest BCUT2D eigenvalue weighted by molar-refractivity contribution is 14.1. The van der Waals surface area contributed by atoms with Crippen LogP contribution >= 0.6 is 22.6 Å². The van der Waals surface area contributed by atoms with Crippen LogP contribution < -0.4 is 10.6 Å². The number of amides is 1. The van der Waals surface area contributed by atoms with E-state index in [1.807, 2.05) is 25.1 Å². The minimum atomic E-state index is -0.827. The van der Waals surface area contributed by atoms with E-state index in [1.54, 1.807) is 55.5 Å². The number of benzene rings is 3. The van der Waals surface area contributed by atoms with Crippen molar-refractivity contribution < 1.29 is 14.3 Å². The number of carbonyl (C=O) groups excluding carboxylic acids is 1. The smallest absolute Gasteiger partial charge is 0.255 e. The summed E-state index contributed by atoms with van der Waals surface area (Å²) >= 11 is 2.13. The third kappa shape index (κ3) is 5.50. The van der Waals surface area contributed by atoms with Crippen LogP contribution in [0.2, 0.25) is 0 Å². The van der Waals surface area contributed by atoms with Gasteiger partial charge in [-0.2, -0.15) is 5.26 Å². The topological polar surface area (TPSA) is 124 Å². The molecule has 0 bridgehead atoms. The number of hydrogen-bond donors (Lipinski definition) is 3. The van der Waals surface area contributed by atoms with E-state index in [4.69, 9.17) is 4.42 Å². The fraction of sp³-hybridized carbons (Fsp3) is 0.154. The van der Waals surface area contributed by atoms with Crippen molar-refractivity contribution in [1.29, 1.82) is 5.26 Å². The lowest BCUT2D eigenvalue weighted by molar-refractivity contribution is 0.102. The van der Waals surface area contributed by atoms with Crippen molar-refractivity contribution in [3.8, 4) is 17.5 Å². The van der Waals surface area contributed by atoms with Crippen LogP contribution in [0.15, 0.2) is 71.1 Å². The molecule has 0 saturated heterocycles. The normalized spacial score (nSPS) is 12.4. The zero-order chi connectivity index (χ0) is 24.9. The van der Waals surface area contributed by atoms with E-state index < -0.39 is 12.1 Å². The van der Waals surface area contributed by atoms with E-state index in [0.29, 0.717) is 28.3 Å². The number of nitrogens with one attached hydrogen (secondary N) is 2. The van der Waals surface area contributed by atoms with Gasteiger partial charge in [-0.1, -0.05) is 18.2 Å². The van der Waals surface area contributed by atoms with E-state index in [1.165, 1.54) is 0 Å². The molecule has 0 fully saturated rings. The summed E-state index contributed by atoms with van der Waals surface area (Å²) in [6.45, 7) is 3.54. The van der Waals surface area contributed by atoms with E-state index in [2.05, 4.69) is 49.5 Å². The molecule has 35 heavy (non-hydrogen) atoms. The second-order valence-electron chi connectivity index (χ2n) is 7.92. The second kappa shape index (κ2) is 10.7. The summed E-state index contributed by atoms with van der Waals surface area (Å²) in [5.41, 5.74) is 4.13. The summed E-state index contributed by atoms with van der Waals surface area (Å²) in [4.78, 5) is 12.3. The molecule has 2 atom stereocenters. The predicted octanol–water partition coefficient (Wildman–Crippen LogP) is 5.31. The summed E-state index contributed by atoms with van der Waals surface area (Å²) < 4.78 is 6.72. The number of aromatic nitrogens is 2. The summed E-state index contributed by atoms with van der Waals surface area (Å²) in [6.07, 6.45) is -0.827. The molecular formula is C26H22IN5O3. The van der Waals surface area contributed by atoms with E-state index in [9.17, 15) is 15.2 Å². The first-order chi connectivity index (χ1) is 16.9. The highest BCUT2D eigenvalue weighted by Crippen LogP contribution is 2.30. The Morgan fingerprint density at radius 2 is 1.80 bits per heavy atom. The monoisotopic (exact) mass is 579 g/mol. The summed E-state index contributed by atoms with van der Waals surface area (Å²) in [6, 6.07) is 21.1. The first-order valence-corrected chi connectivity index (χ1v) is 11.9. The number of nitrogens with zero attached hydrogens (tertiary/aromatic N) is 3. The molecule has 3 aromatic carbocycles. The van der Waals surface area contributed by atoms with Crippen LogP contribution in [0.25, 0.3) is 11.5 Å². The number of nitriles is 1. The molecule has 4 aromatic rings. The van der Waals surface area contributed by atoms with Gasteiger partial charge in [-0.05, 0) is 90.5 Å². The molecule has 0 unspecified atom stereocenters. The van der Waals surface area contributed by atoms with Crippen molar-refractivity contribution >= 4 is 39.9 Å². The van der Waals surface area contributed by atoms with Gasteiger partial charge in [0, 0.05) is 26.1 Å². The molecule has 0 radical (unpaired) electrons. The van der Waals surface area contributed by atoms with Crippen molar-refractivity contribution in [2.75, 3.05) is 10.6 Å². The number of anilines is 2. The van der Waals surface area contributed by atoms with Gasteiger partial charge in [-0.15, -0.1) is 10.2 Å². The average Bonchev–Trinajstić information content (AvgIpc) is 3.35. The molecule has 1 aromatic heterocycles. The summed E-state index contributed by atoms with van der Waals surface area (Å²) in [5, 5.41) is 34.0. The van der Waals surface area contributed by atoms with Gasteiger partial charge in [0.1, 0.15) is 12.1 Å². The molecular weight excluding hydrogens is 557 g/mol. The Labute approximate surface area is 216 Å². The molecule has 0 aliphatic carbocycles. The Hall–Kier alpha value is -3.75. The Morgan fingerprint density at radius 1 is 1.09 bits per heavy atom. The van der Waals surface area contributed by atoms with Gasteiger partial charge in [0.05, 0.1) is 11.7 Å². The van der Waals surface area contributed by atoms with Crippen LogP contribution in [0, 0.1) is 21.8 Å². The lowest BCUT2D eigenvalue weighted by atomic mass is 10.1. The summed E-state index contributed by atoms with van der Waals surface area (Å²) in [7, 11) is 0. The van der Waals surface area contributed by atoms with E-state index in [0.717, 1.165) is 14.8 Å². The molecule has 0 saturated carbocycles. The number of hydrogen-bond acceptors (Lipinski definition) is 7. The van der Waals surface area contributed by atoms with Crippen LogP contribution in [-0.2, 0) is 0 Å². The standard InChI is InChI=1S/C26H22IN5O3/c1-15-21(13-10-19(14-28)22(15)27)30-23(16(2)33)26-32-31-25(35-26)18-8-11-20(12-9-18)29-24(34)17-6-4-3-5-7-17/h3-13,16,23,30,33H,1-2H3,(H,29,34)/t16-,23-/m1/s1. The highest BCUT2D eigenvalue weighted by Gasteiger charge is 2.25. The highest BCUT2D eigenvalue weighted by atomic mass is 127. The van der Waals surface area contributed by atoms with Gasteiger partial charge in [-0.3, -0.25) is 4.79 Å². The molecule has 1 heterocycles. The average molecular weight is 579 g/mol. The molecule has 9 heteroatoms. The van der Waals surface area contributed by atoms with Crippen LogP contribution in [0.5, 0.6) is 0 Å². The van der Waals surface area contributed by atoms with Crippen molar-refractivity contribution in [2.45, 2.75) is 26.0 Å². The molecule has 0 aliphatic rings. The van der Waals surface area contributed by atoms with Crippen molar-refractivity contribution in [2.24, 2.45) is 0 Å². The van der Waals surface area contributed by atoms with Gasteiger partial charge < -0.3 is 20.2 Å². The lowest BCUT2D eigenvalue weighted by Gasteiger charge is -2.21. The molecule has 0 spiro atoms. The van der Waals surface area contributed by atoms with Gasteiger partial charge in [-0.25, -0.2) is 0 Å². The molecule has 176 valence electrons. The fourth-order valence-corrected chi connectivity index (χ4v) is 4.04. The van der Waals surface area contributed by atoms with Crippen molar-refractivity contribution in [1.82, 2.24) is 10.2 Å². The number of aliphatic hydroxyl groups excluding tert-OH is 1. The molecule has 4 rings (SSSR count). The molecule has 3 N–H and O–H groups in total. The Balaban J connectivity index is 1.51. The van der Waals surface area contributed by atoms with Crippen molar-refractivity contribution in [3.05, 3.63) is 92.9 Å². The maximum absolute atomic E-state index is 12.3. The van der Waals surface area contributed by atoms with Gasteiger partial charge in [0.15, 0.2) is 0 Å². The fourth-order valence-electron chi connectivity index (χ4n) is 3.45. The number of rotatable bonds is 7. The molecule has 1 amide bonds. The van der Waals surface area contributed by atoms with Crippen LogP contribution in [0.1, 0.15) is 40.3 Å². The number of halogens is 1. The van der Waals surface area contributed by atoms with Crippen LogP contribution in [0.4, 0.5) is 11.4 Å². The first kappa shape index (κ1) is 24.4. The minimum absolute atomic E-state index is 0.197. The SMILES string of the molecule is Cc1c(N[C@@H](c2nnc(-c3ccc(NC(=O)c4ccccc4)cc3)o2)[C@@H](C)O)ccc(C#N)c1I. The predicted molar refractivity (Wildman–Crippen MR) is 141 cm³/mol. The lowest BCUT2D eigenvalue weighted by Crippen LogP contribution is -2.23. The molecule has 0 aliphatic heterocycles. The maximum Gasteiger partial charge on any atom is 0.255 e. The van der Waals surface area contributed by atoms with Gasteiger partial charge in [0.2, 0.25) is 11.8 Å². The Morgan fingerprint density at radius 3 is 2.46 bits per heavy atom. The Kier molecular flexibility index (Phi) is 7.43. The first-order valence-electron chi connectivity index (χ1n) is 10.8. The van der Waals surface area contributed by atoms with Crippen LogP contribution in [0.3, 0.4) is 0 Å². The Bertz CT molecular complexity index is 1380. The quantitative estimate of drug-likeness (QED) is 0.254. The number of carbonyl (C=O) groups is 1. The van der Waals surface area contributed by atoms with Gasteiger partial charge in [0.25, 0.3) is 5.91 Å².